The molecule has 0 N–H and O–H groups in total. The summed E-state index contributed by atoms with van der Waals surface area (Å²) < 4.78 is 5.17. The fourth-order valence-corrected chi connectivity index (χ4v) is 1.04. The molecule has 0 bridgehead atoms. The third-order valence-electron chi connectivity index (χ3n) is 1.62. The molecule has 11 heavy (non-hydrogen) atoms. The smallest absolute Gasteiger partial charge is 0.161 e. The van der Waals surface area contributed by atoms with Gasteiger partial charge in [0.05, 0.1) is 26.3 Å². The van der Waals surface area contributed by atoms with E-state index in [4.69, 9.17) is 4.74 Å². The first-order chi connectivity index (χ1) is 5.47. The second-order valence-electron chi connectivity index (χ2n) is 2.30. The first-order valence-corrected chi connectivity index (χ1v) is 3.53. The normalized spacial score (nSPS) is 18.7. The summed E-state index contributed by atoms with van der Waals surface area (Å²) in [5.74, 6) is 0. The summed E-state index contributed by atoms with van der Waals surface area (Å²) in [6.07, 6.45) is 1.59. The van der Waals surface area contributed by atoms with E-state index in [0.29, 0.717) is 0 Å². The Morgan fingerprint density at radius 1 is 1.27 bits per heavy atom. The lowest BCUT2D eigenvalue weighted by molar-refractivity contribution is 0.108. The van der Waals surface area contributed by atoms with Crippen LogP contribution in [0.25, 0.3) is 0 Å². The molecular weight excluding hydrogens is 146 g/mol. The van der Waals surface area contributed by atoms with Crippen molar-refractivity contribution in [1.29, 1.82) is 0 Å². The molecule has 0 aliphatic carbocycles. The highest BCUT2D eigenvalue weighted by molar-refractivity contribution is 4.82. The van der Waals surface area contributed by atoms with Crippen molar-refractivity contribution >= 4 is 0 Å². The SMILES string of the molecule is c1nnnn1N1CCOCC1. The molecule has 0 spiro atoms. The molecule has 1 aliphatic rings. The van der Waals surface area contributed by atoms with Crippen LogP contribution in [0.3, 0.4) is 0 Å². The number of rotatable bonds is 1. The number of aromatic nitrogens is 4. The predicted molar refractivity (Wildman–Crippen MR) is 36.6 cm³/mol. The van der Waals surface area contributed by atoms with E-state index in [9.17, 15) is 0 Å². The minimum Gasteiger partial charge on any atom is -0.378 e. The average molecular weight is 155 g/mol. The molecule has 1 fully saturated rings. The van der Waals surface area contributed by atoms with Crippen LogP contribution in [-0.2, 0) is 4.74 Å². The topological polar surface area (TPSA) is 56.1 Å². The fourth-order valence-electron chi connectivity index (χ4n) is 1.04. The highest BCUT2D eigenvalue weighted by Crippen LogP contribution is 1.93. The monoisotopic (exact) mass is 155 g/mol. The summed E-state index contributed by atoms with van der Waals surface area (Å²) >= 11 is 0. The Balaban J connectivity index is 2.04. The molecule has 1 aromatic rings. The molecule has 1 saturated heterocycles. The van der Waals surface area contributed by atoms with Crippen LogP contribution >= 0.6 is 0 Å². The lowest BCUT2D eigenvalue weighted by Crippen LogP contribution is -2.44. The second kappa shape index (κ2) is 2.83. The highest BCUT2D eigenvalue weighted by Gasteiger charge is 2.10. The lowest BCUT2D eigenvalue weighted by Gasteiger charge is -2.26. The summed E-state index contributed by atoms with van der Waals surface area (Å²) in [6.45, 7) is 3.20. The Morgan fingerprint density at radius 3 is 2.73 bits per heavy atom. The van der Waals surface area contributed by atoms with Gasteiger partial charge in [0.1, 0.15) is 0 Å². The van der Waals surface area contributed by atoms with E-state index in [2.05, 4.69) is 15.5 Å². The van der Waals surface area contributed by atoms with Crippen LogP contribution in [-0.4, -0.2) is 46.6 Å². The van der Waals surface area contributed by atoms with E-state index in [1.54, 1.807) is 11.1 Å². The third-order valence-corrected chi connectivity index (χ3v) is 1.62. The van der Waals surface area contributed by atoms with Crippen molar-refractivity contribution in [3.05, 3.63) is 6.33 Å². The van der Waals surface area contributed by atoms with Gasteiger partial charge in [-0.1, -0.05) is 0 Å². The van der Waals surface area contributed by atoms with Gasteiger partial charge in [0.25, 0.3) is 0 Å². The van der Waals surface area contributed by atoms with Gasteiger partial charge in [0.2, 0.25) is 0 Å². The van der Waals surface area contributed by atoms with E-state index < -0.39 is 0 Å². The van der Waals surface area contributed by atoms with Crippen LogP contribution in [0.15, 0.2) is 6.33 Å². The molecular formula is C5H9N5O. The van der Waals surface area contributed by atoms with Crippen molar-refractivity contribution in [3.63, 3.8) is 0 Å². The maximum Gasteiger partial charge on any atom is 0.161 e. The first kappa shape index (κ1) is 6.53. The zero-order valence-corrected chi connectivity index (χ0v) is 6.05. The Hall–Kier alpha value is -1.17. The molecule has 6 nitrogen and oxygen atoms in total. The van der Waals surface area contributed by atoms with Crippen LogP contribution in [0.2, 0.25) is 0 Å². The van der Waals surface area contributed by atoms with Gasteiger partial charge in [-0.3, -0.25) is 5.01 Å². The van der Waals surface area contributed by atoms with Gasteiger partial charge >= 0.3 is 0 Å². The van der Waals surface area contributed by atoms with Crippen molar-refractivity contribution in [2.45, 2.75) is 0 Å². The van der Waals surface area contributed by atoms with Gasteiger partial charge in [-0.15, -0.1) is 9.89 Å². The van der Waals surface area contributed by atoms with Crippen molar-refractivity contribution in [2.75, 3.05) is 31.3 Å². The Bertz CT molecular complexity index is 205. The Kier molecular flexibility index (Phi) is 1.68. The maximum absolute atomic E-state index is 5.17. The molecule has 0 radical (unpaired) electrons. The quantitative estimate of drug-likeness (QED) is 0.501. The minimum atomic E-state index is 0.750. The lowest BCUT2D eigenvalue weighted by atomic mass is 10.5. The Morgan fingerprint density at radius 2 is 2.09 bits per heavy atom. The number of morpholine rings is 1. The molecule has 0 aromatic carbocycles. The van der Waals surface area contributed by atoms with Crippen LogP contribution in [0.4, 0.5) is 0 Å². The van der Waals surface area contributed by atoms with Gasteiger partial charge in [-0.2, -0.15) is 0 Å². The van der Waals surface area contributed by atoms with E-state index >= 15 is 0 Å². The van der Waals surface area contributed by atoms with Gasteiger partial charge < -0.3 is 4.74 Å². The van der Waals surface area contributed by atoms with E-state index in [1.807, 2.05) is 5.01 Å². The van der Waals surface area contributed by atoms with E-state index in [1.165, 1.54) is 0 Å². The summed E-state index contributed by atoms with van der Waals surface area (Å²) in [5, 5.41) is 12.9. The number of hydrogen-bond acceptors (Lipinski definition) is 5. The zero-order valence-electron chi connectivity index (χ0n) is 6.05. The van der Waals surface area contributed by atoms with Gasteiger partial charge in [-0.05, 0) is 10.4 Å². The second-order valence-corrected chi connectivity index (χ2v) is 2.30. The molecule has 0 saturated carbocycles. The third kappa shape index (κ3) is 1.30. The molecule has 2 rings (SSSR count). The molecule has 0 unspecified atom stereocenters. The summed E-state index contributed by atoms with van der Waals surface area (Å²) in [6, 6.07) is 0. The Labute approximate surface area is 63.7 Å². The molecule has 60 valence electrons. The first-order valence-electron chi connectivity index (χ1n) is 3.53. The van der Waals surface area contributed by atoms with Crippen molar-refractivity contribution in [2.24, 2.45) is 0 Å². The van der Waals surface area contributed by atoms with Crippen LogP contribution < -0.4 is 5.01 Å². The van der Waals surface area contributed by atoms with Gasteiger partial charge in [-0.25, -0.2) is 0 Å². The molecule has 1 aromatic heterocycles. The van der Waals surface area contributed by atoms with Crippen molar-refractivity contribution in [1.82, 2.24) is 20.3 Å². The standard InChI is InChI=1S/C5H9N5O/c1-3-11-4-2-9(1)10-5-6-7-8-10/h5H,1-4H2. The minimum absolute atomic E-state index is 0.750. The van der Waals surface area contributed by atoms with Crippen LogP contribution in [0, 0.1) is 0 Å². The number of hydrogen-bond donors (Lipinski definition) is 0. The number of nitrogens with zero attached hydrogens (tertiary/aromatic N) is 5. The molecule has 0 atom stereocenters. The van der Waals surface area contributed by atoms with Gasteiger partial charge in [0, 0.05) is 0 Å². The summed E-state index contributed by atoms with van der Waals surface area (Å²) in [5.41, 5.74) is 0. The summed E-state index contributed by atoms with van der Waals surface area (Å²) in [4.78, 5) is 1.64. The zero-order chi connectivity index (χ0) is 7.52. The highest BCUT2D eigenvalue weighted by atomic mass is 16.5. The van der Waals surface area contributed by atoms with Gasteiger partial charge in [0.15, 0.2) is 6.33 Å². The maximum atomic E-state index is 5.17. The predicted octanol–water partition coefficient (Wildman–Crippen LogP) is -1.36. The fraction of sp³-hybridized carbons (Fsp3) is 0.800. The van der Waals surface area contributed by atoms with Crippen LogP contribution in [0.5, 0.6) is 0 Å². The van der Waals surface area contributed by atoms with E-state index in [0.717, 1.165) is 26.3 Å². The van der Waals surface area contributed by atoms with Crippen molar-refractivity contribution in [3.8, 4) is 0 Å². The summed E-state index contributed by atoms with van der Waals surface area (Å²) in [7, 11) is 0. The van der Waals surface area contributed by atoms with Crippen LogP contribution in [0.1, 0.15) is 0 Å². The molecule has 6 heteroatoms. The molecule has 2 heterocycles. The largest absolute Gasteiger partial charge is 0.378 e. The molecule has 0 amide bonds. The average Bonchev–Trinajstić information content (AvgIpc) is 2.58. The number of tetrazole rings is 1. The van der Waals surface area contributed by atoms with Crippen molar-refractivity contribution < 1.29 is 4.74 Å². The molecule has 1 aliphatic heterocycles. The van der Waals surface area contributed by atoms with E-state index in [-0.39, 0.29) is 0 Å². The number of ether oxygens (including phenoxy) is 1.